The predicted octanol–water partition coefficient (Wildman–Crippen LogP) is 19.1. The number of hydrogen-bond donors (Lipinski definition) is 4. The number of phosphoric acid groups is 2. The van der Waals surface area contributed by atoms with Crippen LogP contribution in [0.4, 0.5) is 0 Å². The van der Waals surface area contributed by atoms with E-state index in [2.05, 4.69) is 118 Å². The molecule has 18 heteroatoms. The average Bonchev–Trinajstić information content (AvgIpc) is 3.55. The molecule has 0 saturated carbocycles. The highest BCUT2D eigenvalue weighted by Crippen LogP contribution is 2.45. The Balaban J connectivity index is 4.66. The Kier molecular flexibility index (Phi) is 62.0. The van der Waals surface area contributed by atoms with Gasteiger partial charge >= 0.3 is 33.6 Å². The zero-order valence-corrected chi connectivity index (χ0v) is 57.4. The van der Waals surface area contributed by atoms with E-state index < -0.39 is 91.5 Å². The Morgan fingerprint density at radius 3 is 0.921 bits per heavy atom. The lowest BCUT2D eigenvalue weighted by Gasteiger charge is -2.21. The zero-order valence-electron chi connectivity index (χ0n) is 55.6. The van der Waals surface area contributed by atoms with Crippen molar-refractivity contribution in [3.63, 3.8) is 0 Å². The number of rotatable bonds is 65. The van der Waals surface area contributed by atoms with Crippen LogP contribution < -0.4 is 0 Å². The molecule has 16 nitrogen and oxygen atoms in total. The minimum absolute atomic E-state index is 0.0903. The van der Waals surface area contributed by atoms with Gasteiger partial charge in [0.25, 0.3) is 0 Å². The molecule has 0 spiro atoms. The van der Waals surface area contributed by atoms with Crippen LogP contribution in [0.1, 0.15) is 278 Å². The number of aliphatic hydroxyl groups is 2. The second-order valence-electron chi connectivity index (χ2n) is 23.0. The van der Waals surface area contributed by atoms with Crippen molar-refractivity contribution in [2.75, 3.05) is 39.6 Å². The molecule has 89 heavy (non-hydrogen) atoms. The lowest BCUT2D eigenvalue weighted by Crippen LogP contribution is -2.30. The third-order valence-electron chi connectivity index (χ3n) is 14.3. The summed E-state index contributed by atoms with van der Waals surface area (Å²) in [4.78, 5) is 58.4. The number of carbonyl (C=O) groups excluding carboxylic acids is 3. The van der Waals surface area contributed by atoms with E-state index in [1.807, 2.05) is 0 Å². The van der Waals surface area contributed by atoms with E-state index in [1.165, 1.54) is 70.6 Å². The first-order chi connectivity index (χ1) is 43.2. The Labute approximate surface area is 539 Å². The molecule has 0 bridgehead atoms. The molecule has 0 radical (unpaired) electrons. The molecule has 0 aliphatic heterocycles. The molecule has 5 atom stereocenters. The molecule has 0 heterocycles. The number of esters is 3. The van der Waals surface area contributed by atoms with E-state index in [0.717, 1.165) is 148 Å². The summed E-state index contributed by atoms with van der Waals surface area (Å²) in [5.41, 5.74) is 0. The van der Waals surface area contributed by atoms with Crippen LogP contribution in [0.3, 0.4) is 0 Å². The standard InChI is InChI=1S/C71H124O16P2/c1-4-7-10-13-16-19-22-25-27-29-31-32-34-36-37-40-42-45-48-51-54-57-69(74)81-60-66(72)61-83-88(77,78)84-62-67(73)63-85-89(79,80)86-65-68(87-71(76)59-56-53-50-47-44-39-24-21-18-15-12-9-6-3)64-82-70(75)58-55-52-49-46-43-41-38-35-33-30-28-26-23-20-17-14-11-8-5-2/h16-17,19-21,24-28,31-33,35-37,66-68,72-73H,4-15,18,22-23,29-30,34,38-65H2,1-3H3,(H,77,78)(H,79,80)/b19-16-,20-17-,24-21-,27-25-,28-26-,32-31-,35-33-,37-36-. The van der Waals surface area contributed by atoms with Crippen LogP contribution in [0.25, 0.3) is 0 Å². The topological polar surface area (TPSA) is 231 Å². The number of phosphoric ester groups is 2. The minimum Gasteiger partial charge on any atom is -0.463 e. The molecule has 4 N–H and O–H groups in total. The fourth-order valence-corrected chi connectivity index (χ4v) is 10.5. The molecule has 0 rings (SSSR count). The highest BCUT2D eigenvalue weighted by molar-refractivity contribution is 7.47. The summed E-state index contributed by atoms with van der Waals surface area (Å²) in [7, 11) is -9.78. The fraction of sp³-hybridized carbons (Fsp3) is 0.732. The van der Waals surface area contributed by atoms with Crippen molar-refractivity contribution < 1.29 is 75.8 Å². The van der Waals surface area contributed by atoms with Gasteiger partial charge in [-0.1, -0.05) is 227 Å². The van der Waals surface area contributed by atoms with Gasteiger partial charge in [-0.3, -0.25) is 32.5 Å². The lowest BCUT2D eigenvalue weighted by atomic mass is 10.1. The SMILES string of the molecule is CCCCC/C=C\C/C=C\C/C=C\C/C=C\CCCCCCCC(=O)OCC(O)COP(=O)(O)OCC(O)COP(=O)(O)OCC(COC(=O)CCCCCCCC/C=C\C/C=C\C/C=C\CCCCC)OC(=O)CCCCCCC/C=C\CCCCCC. The van der Waals surface area contributed by atoms with E-state index in [9.17, 15) is 43.5 Å². The Bertz CT molecular complexity index is 2010. The molecule has 0 aromatic rings. The summed E-state index contributed by atoms with van der Waals surface area (Å²) < 4.78 is 60.8. The first-order valence-electron chi connectivity index (χ1n) is 34.5. The Morgan fingerprint density at radius 1 is 0.315 bits per heavy atom. The molecule has 0 amide bonds. The lowest BCUT2D eigenvalue weighted by molar-refractivity contribution is -0.161. The van der Waals surface area contributed by atoms with Crippen molar-refractivity contribution in [3.05, 3.63) is 97.2 Å². The van der Waals surface area contributed by atoms with Crippen molar-refractivity contribution in [2.24, 2.45) is 0 Å². The van der Waals surface area contributed by atoms with Gasteiger partial charge in [-0.15, -0.1) is 0 Å². The number of aliphatic hydroxyl groups excluding tert-OH is 2. The van der Waals surface area contributed by atoms with Crippen molar-refractivity contribution in [2.45, 2.75) is 296 Å². The van der Waals surface area contributed by atoms with E-state index in [-0.39, 0.29) is 19.3 Å². The fourth-order valence-electron chi connectivity index (χ4n) is 8.91. The summed E-state index contributed by atoms with van der Waals surface area (Å²) in [6.45, 7) is 2.55. The molecule has 0 aromatic carbocycles. The van der Waals surface area contributed by atoms with Crippen LogP contribution in [0.5, 0.6) is 0 Å². The third kappa shape index (κ3) is 65.8. The van der Waals surface area contributed by atoms with Gasteiger partial charge in [0.05, 0.1) is 26.4 Å². The molecule has 0 aliphatic rings. The van der Waals surface area contributed by atoms with Gasteiger partial charge in [0.15, 0.2) is 6.10 Å². The molecule has 5 unspecified atom stereocenters. The van der Waals surface area contributed by atoms with E-state index in [0.29, 0.717) is 19.3 Å². The summed E-state index contributed by atoms with van der Waals surface area (Å²) >= 11 is 0. The normalized spacial score (nSPS) is 14.8. The molecular weight excluding hydrogens is 1170 g/mol. The van der Waals surface area contributed by atoms with E-state index in [1.54, 1.807) is 0 Å². The molecule has 0 aromatic heterocycles. The number of hydrogen-bond acceptors (Lipinski definition) is 14. The Hall–Kier alpha value is -3.53. The van der Waals surface area contributed by atoms with Crippen molar-refractivity contribution in [3.8, 4) is 0 Å². The van der Waals surface area contributed by atoms with Crippen LogP contribution >= 0.6 is 15.6 Å². The van der Waals surface area contributed by atoms with Gasteiger partial charge in [-0.25, -0.2) is 9.13 Å². The van der Waals surface area contributed by atoms with Crippen molar-refractivity contribution in [1.82, 2.24) is 0 Å². The maximum absolute atomic E-state index is 12.9. The zero-order chi connectivity index (χ0) is 65.3. The predicted molar refractivity (Wildman–Crippen MR) is 362 cm³/mol. The molecule has 0 aliphatic carbocycles. The van der Waals surface area contributed by atoms with Gasteiger partial charge in [0.2, 0.25) is 0 Å². The molecule has 514 valence electrons. The largest absolute Gasteiger partial charge is 0.472 e. The van der Waals surface area contributed by atoms with E-state index >= 15 is 0 Å². The van der Waals surface area contributed by atoms with Crippen LogP contribution in [0.15, 0.2) is 97.2 Å². The van der Waals surface area contributed by atoms with Crippen molar-refractivity contribution >= 4 is 33.6 Å². The quantitative estimate of drug-likeness (QED) is 0.0146. The third-order valence-corrected chi connectivity index (χ3v) is 16.2. The van der Waals surface area contributed by atoms with E-state index in [4.69, 9.17) is 32.3 Å². The van der Waals surface area contributed by atoms with Crippen LogP contribution in [-0.4, -0.2) is 95.9 Å². The summed E-state index contributed by atoms with van der Waals surface area (Å²) in [5, 5.41) is 20.5. The number of unbranched alkanes of at least 4 members (excludes halogenated alkanes) is 26. The van der Waals surface area contributed by atoms with Crippen molar-refractivity contribution in [1.29, 1.82) is 0 Å². The van der Waals surface area contributed by atoms with Gasteiger partial charge in [0.1, 0.15) is 25.4 Å². The van der Waals surface area contributed by atoms with Crippen LogP contribution in [0.2, 0.25) is 0 Å². The van der Waals surface area contributed by atoms with Gasteiger partial charge < -0.3 is 34.2 Å². The second-order valence-corrected chi connectivity index (χ2v) is 25.9. The van der Waals surface area contributed by atoms with Crippen LogP contribution in [-0.2, 0) is 55.8 Å². The number of ether oxygens (including phenoxy) is 3. The summed E-state index contributed by atoms with van der Waals surface area (Å²) in [5.74, 6) is -1.61. The highest BCUT2D eigenvalue weighted by Gasteiger charge is 2.29. The van der Waals surface area contributed by atoms with Gasteiger partial charge in [-0.05, 0) is 128 Å². The van der Waals surface area contributed by atoms with Gasteiger partial charge in [0, 0.05) is 19.3 Å². The highest BCUT2D eigenvalue weighted by atomic mass is 31.2. The number of allylic oxidation sites excluding steroid dienone is 16. The average molecular weight is 1300 g/mol. The summed E-state index contributed by atoms with van der Waals surface area (Å²) in [6.07, 6.45) is 70.2. The molecule has 0 saturated heterocycles. The van der Waals surface area contributed by atoms with Gasteiger partial charge in [-0.2, -0.15) is 0 Å². The summed E-state index contributed by atoms with van der Waals surface area (Å²) in [6, 6.07) is 0. The molecular formula is C71H124O16P2. The second kappa shape index (κ2) is 64.6. The molecule has 0 fully saturated rings. The van der Waals surface area contributed by atoms with Crippen LogP contribution in [0, 0.1) is 0 Å². The first kappa shape index (κ1) is 85.5. The first-order valence-corrected chi connectivity index (χ1v) is 37.5. The monoisotopic (exact) mass is 1290 g/mol. The smallest absolute Gasteiger partial charge is 0.463 e. The Morgan fingerprint density at radius 2 is 0.562 bits per heavy atom. The maximum atomic E-state index is 12.9. The minimum atomic E-state index is -4.93. The number of carbonyl (C=O) groups is 3. The maximum Gasteiger partial charge on any atom is 0.472 e.